The number of alkyl carbamates (subject to hydrolysis) is 1. The van der Waals surface area contributed by atoms with E-state index in [0.29, 0.717) is 12.2 Å². The Morgan fingerprint density at radius 1 is 1.07 bits per heavy atom. The van der Waals surface area contributed by atoms with Crippen molar-refractivity contribution < 1.29 is 23.9 Å². The highest BCUT2D eigenvalue weighted by molar-refractivity contribution is 7.98. The van der Waals surface area contributed by atoms with E-state index >= 15 is 0 Å². The second kappa shape index (κ2) is 12.5. The van der Waals surface area contributed by atoms with Gasteiger partial charge < -0.3 is 20.1 Å². The molecule has 0 bridgehead atoms. The number of hydrogen-bond donors (Lipinski definition) is 2. The summed E-state index contributed by atoms with van der Waals surface area (Å²) < 4.78 is 10.6. The molecule has 1 aromatic carbocycles. The van der Waals surface area contributed by atoms with Crippen molar-refractivity contribution in [3.8, 4) is 0 Å². The summed E-state index contributed by atoms with van der Waals surface area (Å²) in [7, 11) is 0. The molecule has 0 heterocycles. The molecule has 0 aliphatic heterocycles. The van der Waals surface area contributed by atoms with Gasteiger partial charge in [-0.3, -0.25) is 4.79 Å². The Kier molecular flexibility index (Phi) is 10.7. The molecule has 2 atom stereocenters. The minimum absolute atomic E-state index is 0.130. The second-order valence-electron chi connectivity index (χ2n) is 8.30. The van der Waals surface area contributed by atoms with E-state index in [1.54, 1.807) is 32.5 Å². The monoisotopic (exact) mass is 438 g/mol. The Hall–Kier alpha value is -2.22. The maximum absolute atomic E-state index is 12.8. The standard InChI is InChI=1S/C22H34N2O5S/c1-15(2)18(20(26)28-14-16-10-8-7-9-11-16)24-19(25)17(12-13-30-6)23-21(27)29-22(3,4)5/h7-11,15,17-18H,12-14H2,1-6H3,(H,23,27)(H,24,25). The molecule has 0 aliphatic carbocycles. The lowest BCUT2D eigenvalue weighted by Gasteiger charge is -2.26. The SMILES string of the molecule is CSCCC(NC(=O)OC(C)(C)C)C(=O)NC(C(=O)OCc1ccccc1)C(C)C. The van der Waals surface area contributed by atoms with E-state index in [-0.39, 0.29) is 12.5 Å². The van der Waals surface area contributed by atoms with Crippen molar-refractivity contribution in [2.75, 3.05) is 12.0 Å². The number of amides is 2. The second-order valence-corrected chi connectivity index (χ2v) is 9.29. The van der Waals surface area contributed by atoms with Gasteiger partial charge in [0.1, 0.15) is 24.3 Å². The Balaban J connectivity index is 2.77. The summed E-state index contributed by atoms with van der Waals surface area (Å²) in [5.74, 6) is -0.466. The number of esters is 1. The van der Waals surface area contributed by atoms with E-state index in [1.165, 1.54) is 0 Å². The van der Waals surface area contributed by atoms with Crippen LogP contribution in [0.4, 0.5) is 4.79 Å². The van der Waals surface area contributed by atoms with Crippen molar-refractivity contribution in [1.29, 1.82) is 0 Å². The molecule has 7 nitrogen and oxygen atoms in total. The first kappa shape index (κ1) is 25.8. The number of thioether (sulfide) groups is 1. The molecule has 0 saturated heterocycles. The highest BCUT2D eigenvalue weighted by Gasteiger charge is 2.30. The lowest BCUT2D eigenvalue weighted by atomic mass is 10.0. The van der Waals surface area contributed by atoms with E-state index in [0.717, 1.165) is 5.56 Å². The number of ether oxygens (including phenoxy) is 2. The fourth-order valence-corrected chi connectivity index (χ4v) is 3.00. The first-order valence-corrected chi connectivity index (χ1v) is 11.4. The van der Waals surface area contributed by atoms with Gasteiger partial charge in [0.25, 0.3) is 0 Å². The van der Waals surface area contributed by atoms with Gasteiger partial charge in [0, 0.05) is 0 Å². The zero-order valence-electron chi connectivity index (χ0n) is 18.7. The molecule has 1 rings (SSSR count). The molecule has 0 saturated carbocycles. The summed E-state index contributed by atoms with van der Waals surface area (Å²) in [5.41, 5.74) is 0.191. The highest BCUT2D eigenvalue weighted by Crippen LogP contribution is 2.11. The maximum atomic E-state index is 12.8. The van der Waals surface area contributed by atoms with E-state index in [4.69, 9.17) is 9.47 Å². The zero-order chi connectivity index (χ0) is 22.7. The summed E-state index contributed by atoms with van der Waals surface area (Å²) in [4.78, 5) is 37.6. The van der Waals surface area contributed by atoms with Gasteiger partial charge in [0.15, 0.2) is 0 Å². The Morgan fingerprint density at radius 3 is 2.23 bits per heavy atom. The molecular formula is C22H34N2O5S. The molecule has 2 amide bonds. The van der Waals surface area contributed by atoms with Gasteiger partial charge in [-0.25, -0.2) is 9.59 Å². The first-order chi connectivity index (χ1) is 14.0. The van der Waals surface area contributed by atoms with Gasteiger partial charge in [0.2, 0.25) is 5.91 Å². The average Bonchev–Trinajstić information content (AvgIpc) is 2.66. The molecule has 2 N–H and O–H groups in total. The van der Waals surface area contributed by atoms with Crippen LogP contribution in [0.5, 0.6) is 0 Å². The molecule has 0 aliphatic rings. The summed E-state index contributed by atoms with van der Waals surface area (Å²) >= 11 is 1.56. The molecule has 0 fully saturated rings. The van der Waals surface area contributed by atoms with Crippen LogP contribution in [0.1, 0.15) is 46.6 Å². The van der Waals surface area contributed by atoms with E-state index in [9.17, 15) is 14.4 Å². The third-order valence-electron chi connectivity index (χ3n) is 4.06. The van der Waals surface area contributed by atoms with Gasteiger partial charge >= 0.3 is 12.1 Å². The van der Waals surface area contributed by atoms with Gasteiger partial charge in [-0.2, -0.15) is 11.8 Å². The minimum Gasteiger partial charge on any atom is -0.459 e. The van der Waals surface area contributed by atoms with Crippen LogP contribution in [-0.4, -0.2) is 47.7 Å². The van der Waals surface area contributed by atoms with Crippen LogP contribution in [-0.2, 0) is 25.7 Å². The molecule has 0 radical (unpaired) electrons. The molecule has 30 heavy (non-hydrogen) atoms. The first-order valence-electron chi connectivity index (χ1n) is 10.0. The predicted molar refractivity (Wildman–Crippen MR) is 119 cm³/mol. The van der Waals surface area contributed by atoms with Crippen LogP contribution in [0, 0.1) is 5.92 Å². The summed E-state index contributed by atoms with van der Waals surface area (Å²) in [5, 5.41) is 5.35. The number of rotatable bonds is 10. The predicted octanol–water partition coefficient (Wildman–Crippen LogP) is 3.52. The van der Waals surface area contributed by atoms with Crippen molar-refractivity contribution in [2.24, 2.45) is 5.92 Å². The van der Waals surface area contributed by atoms with Crippen LogP contribution in [0.15, 0.2) is 30.3 Å². The lowest BCUT2D eigenvalue weighted by Crippen LogP contribution is -2.54. The van der Waals surface area contributed by atoms with Crippen LogP contribution in [0.2, 0.25) is 0 Å². The number of benzene rings is 1. The quantitative estimate of drug-likeness (QED) is 0.543. The Bertz CT molecular complexity index is 689. The van der Waals surface area contributed by atoms with E-state index in [1.807, 2.05) is 50.4 Å². The largest absolute Gasteiger partial charge is 0.459 e. The summed E-state index contributed by atoms with van der Waals surface area (Å²) in [6.07, 6.45) is 1.66. The molecule has 168 valence electrons. The number of nitrogens with one attached hydrogen (secondary N) is 2. The van der Waals surface area contributed by atoms with Gasteiger partial charge in [-0.1, -0.05) is 44.2 Å². The molecule has 0 aromatic heterocycles. The molecular weight excluding hydrogens is 404 g/mol. The fraction of sp³-hybridized carbons (Fsp3) is 0.591. The van der Waals surface area contributed by atoms with Crippen molar-refractivity contribution in [3.63, 3.8) is 0 Å². The maximum Gasteiger partial charge on any atom is 0.408 e. The highest BCUT2D eigenvalue weighted by atomic mass is 32.2. The van der Waals surface area contributed by atoms with Crippen molar-refractivity contribution in [1.82, 2.24) is 10.6 Å². The van der Waals surface area contributed by atoms with Crippen LogP contribution < -0.4 is 10.6 Å². The third-order valence-corrected chi connectivity index (χ3v) is 4.70. The lowest BCUT2D eigenvalue weighted by molar-refractivity contribution is -0.150. The molecule has 0 spiro atoms. The number of hydrogen-bond acceptors (Lipinski definition) is 6. The molecule has 8 heteroatoms. The Morgan fingerprint density at radius 2 is 1.70 bits per heavy atom. The number of carbonyl (C=O) groups excluding carboxylic acids is 3. The van der Waals surface area contributed by atoms with Crippen LogP contribution >= 0.6 is 11.8 Å². The Labute approximate surface area is 183 Å². The summed E-state index contributed by atoms with van der Waals surface area (Å²) in [6, 6.07) is 7.70. The van der Waals surface area contributed by atoms with Crippen molar-refractivity contribution >= 4 is 29.7 Å². The average molecular weight is 439 g/mol. The van der Waals surface area contributed by atoms with Gasteiger partial charge in [-0.15, -0.1) is 0 Å². The molecule has 2 unspecified atom stereocenters. The van der Waals surface area contributed by atoms with Gasteiger partial charge in [-0.05, 0) is 50.7 Å². The van der Waals surface area contributed by atoms with Gasteiger partial charge in [0.05, 0.1) is 0 Å². The molecule has 1 aromatic rings. The van der Waals surface area contributed by atoms with Crippen LogP contribution in [0.3, 0.4) is 0 Å². The van der Waals surface area contributed by atoms with Crippen molar-refractivity contribution in [3.05, 3.63) is 35.9 Å². The van der Waals surface area contributed by atoms with E-state index < -0.39 is 35.7 Å². The van der Waals surface area contributed by atoms with Crippen LogP contribution in [0.25, 0.3) is 0 Å². The smallest absolute Gasteiger partial charge is 0.408 e. The third kappa shape index (κ3) is 10.0. The zero-order valence-corrected chi connectivity index (χ0v) is 19.5. The normalized spacial score (nSPS) is 13.3. The number of carbonyl (C=O) groups is 3. The minimum atomic E-state index is -0.821. The topological polar surface area (TPSA) is 93.7 Å². The summed E-state index contributed by atoms with van der Waals surface area (Å²) in [6.45, 7) is 9.04. The van der Waals surface area contributed by atoms with Crippen molar-refractivity contribution in [2.45, 2.75) is 65.3 Å². The van der Waals surface area contributed by atoms with E-state index in [2.05, 4.69) is 10.6 Å². The fourth-order valence-electron chi connectivity index (χ4n) is 2.52.